The number of fused-ring (bicyclic) bond motifs is 3. The van der Waals surface area contributed by atoms with E-state index in [1.54, 1.807) is 0 Å². The van der Waals surface area contributed by atoms with E-state index in [1.807, 2.05) is 60.0 Å². The molecule has 1 aliphatic rings. The molecule has 4 heteroatoms. The van der Waals surface area contributed by atoms with E-state index in [9.17, 15) is 0 Å². The second-order valence-corrected chi connectivity index (χ2v) is 9.10. The molecule has 0 fully saturated rings. The van der Waals surface area contributed by atoms with Gasteiger partial charge in [-0.2, -0.15) is 0 Å². The predicted molar refractivity (Wildman–Crippen MR) is 150 cm³/mol. The second kappa shape index (κ2) is 9.40. The number of hydrogen-bond donors (Lipinski definition) is 2. The molecular weight excluding hydrogens is 434 g/mol. The lowest BCUT2D eigenvalue weighted by Crippen LogP contribution is -2.09. The predicted octanol–water partition coefficient (Wildman–Crippen LogP) is 7.94. The van der Waals surface area contributed by atoms with E-state index < -0.39 is 0 Å². The maximum atomic E-state index is 5.54. The lowest BCUT2D eigenvalue weighted by Gasteiger charge is -2.17. The summed E-state index contributed by atoms with van der Waals surface area (Å²) in [5.41, 5.74) is 8.59. The first-order valence-electron chi connectivity index (χ1n) is 11.0. The molecule has 0 aliphatic carbocycles. The monoisotopic (exact) mass is 459 g/mol. The van der Waals surface area contributed by atoms with Crippen molar-refractivity contribution < 1.29 is 0 Å². The van der Waals surface area contributed by atoms with Crippen LogP contribution < -0.4 is 16.2 Å². The van der Waals surface area contributed by atoms with Crippen LogP contribution in [0.2, 0.25) is 0 Å². The molecule has 0 saturated heterocycles. The van der Waals surface area contributed by atoms with Gasteiger partial charge in [0.05, 0.1) is 0 Å². The fraction of sp³-hybridized carbons (Fsp3) is 0. The van der Waals surface area contributed by atoms with E-state index in [4.69, 9.17) is 5.84 Å². The molecule has 3 nitrogen and oxygen atoms in total. The van der Waals surface area contributed by atoms with Crippen LogP contribution in [0.15, 0.2) is 134 Å². The standard InChI is InChI=1S/C30H25N3S/c1-21-8-5-6-18-33(25-15-13-24(32-31)14-16-25)19-17-23(20-22(21)2)26-10-7-11-28-27-9-3-4-12-29(27)34-30(26)28/h3-20,32H,1-2,31H2/b8-5-,18-6-,19-17-,23-20+. The number of nitrogens with two attached hydrogens (primary N) is 1. The lowest BCUT2D eigenvalue weighted by atomic mass is 9.98. The van der Waals surface area contributed by atoms with Crippen LogP contribution in [0, 0.1) is 0 Å². The number of nitrogen functional groups attached to an aromatic ring is 1. The van der Waals surface area contributed by atoms with Crippen LogP contribution in [0.25, 0.3) is 25.7 Å². The molecule has 0 spiro atoms. The van der Waals surface area contributed by atoms with Gasteiger partial charge in [0.15, 0.2) is 0 Å². The van der Waals surface area contributed by atoms with E-state index >= 15 is 0 Å². The molecule has 1 aromatic heterocycles. The van der Waals surface area contributed by atoms with E-state index in [1.165, 1.54) is 25.7 Å². The second-order valence-electron chi connectivity index (χ2n) is 8.05. The van der Waals surface area contributed by atoms with Crippen molar-refractivity contribution >= 4 is 48.5 Å². The zero-order valence-corrected chi connectivity index (χ0v) is 19.6. The molecule has 0 saturated carbocycles. The number of allylic oxidation sites excluding steroid dienone is 8. The molecule has 34 heavy (non-hydrogen) atoms. The Hall–Kier alpha value is -4.12. The number of nitrogens with one attached hydrogen (secondary N) is 1. The number of anilines is 2. The van der Waals surface area contributed by atoms with Gasteiger partial charge >= 0.3 is 0 Å². The highest BCUT2D eigenvalue weighted by Gasteiger charge is 2.12. The van der Waals surface area contributed by atoms with Crippen molar-refractivity contribution in [2.45, 2.75) is 0 Å². The Balaban J connectivity index is 1.65. The molecule has 3 aromatic carbocycles. The summed E-state index contributed by atoms with van der Waals surface area (Å²) in [5, 5.41) is 2.56. The van der Waals surface area contributed by atoms with Crippen molar-refractivity contribution in [2.75, 3.05) is 10.3 Å². The third-order valence-corrected chi connectivity index (χ3v) is 7.08. The summed E-state index contributed by atoms with van der Waals surface area (Å²) in [6.45, 7) is 8.48. The van der Waals surface area contributed by atoms with Crippen molar-refractivity contribution in [2.24, 2.45) is 5.84 Å². The minimum Gasteiger partial charge on any atom is -0.324 e. The molecule has 4 aromatic rings. The smallest absolute Gasteiger partial charge is 0.0486 e. The quantitative estimate of drug-likeness (QED) is 0.241. The minimum atomic E-state index is 0.860. The van der Waals surface area contributed by atoms with Gasteiger partial charge in [-0.05, 0) is 70.8 Å². The molecule has 0 unspecified atom stereocenters. The van der Waals surface area contributed by atoms with Crippen molar-refractivity contribution in [1.29, 1.82) is 0 Å². The average Bonchev–Trinajstić information content (AvgIpc) is 3.25. The number of benzene rings is 3. The molecular formula is C30H25N3S. The third kappa shape index (κ3) is 4.25. The summed E-state index contributed by atoms with van der Waals surface area (Å²) in [5.74, 6) is 5.54. The van der Waals surface area contributed by atoms with Gasteiger partial charge < -0.3 is 10.3 Å². The Kier molecular flexibility index (Phi) is 6.00. The highest BCUT2D eigenvalue weighted by molar-refractivity contribution is 7.26. The SMILES string of the molecule is C=C1/C=C\C=C/N(c2ccc(NN)cc2)/C=C\C(c2cccc3c2sc2ccccc23)=C/C1=C. The molecule has 0 amide bonds. The van der Waals surface area contributed by atoms with E-state index in [-0.39, 0.29) is 0 Å². The van der Waals surface area contributed by atoms with E-state index in [0.717, 1.165) is 28.1 Å². The Morgan fingerprint density at radius 2 is 1.56 bits per heavy atom. The van der Waals surface area contributed by atoms with Gasteiger partial charge in [0, 0.05) is 43.9 Å². The number of nitrogens with zero attached hydrogens (tertiary/aromatic N) is 1. The van der Waals surface area contributed by atoms with Gasteiger partial charge in [-0.1, -0.05) is 61.7 Å². The van der Waals surface area contributed by atoms with Gasteiger partial charge in [0.1, 0.15) is 0 Å². The maximum absolute atomic E-state index is 5.54. The van der Waals surface area contributed by atoms with Gasteiger partial charge in [-0.25, -0.2) is 0 Å². The van der Waals surface area contributed by atoms with Crippen LogP contribution in [0.3, 0.4) is 0 Å². The minimum absolute atomic E-state index is 0.860. The van der Waals surface area contributed by atoms with Gasteiger partial charge in [-0.15, -0.1) is 11.3 Å². The average molecular weight is 460 g/mol. The zero-order valence-electron chi connectivity index (χ0n) is 18.7. The third-order valence-electron chi connectivity index (χ3n) is 5.86. The van der Waals surface area contributed by atoms with Crippen molar-refractivity contribution in [1.82, 2.24) is 0 Å². The first-order valence-corrected chi connectivity index (χ1v) is 11.8. The van der Waals surface area contributed by atoms with Crippen LogP contribution in [0.1, 0.15) is 5.56 Å². The topological polar surface area (TPSA) is 41.3 Å². The number of thiophene rings is 1. The Morgan fingerprint density at radius 3 is 2.38 bits per heavy atom. The Bertz CT molecular complexity index is 1510. The summed E-state index contributed by atoms with van der Waals surface area (Å²) in [6, 6.07) is 23.0. The van der Waals surface area contributed by atoms with Gasteiger partial charge in [0.25, 0.3) is 0 Å². The van der Waals surface area contributed by atoms with E-state index in [0.29, 0.717) is 0 Å². The Labute approximate surface area is 203 Å². The fourth-order valence-corrected chi connectivity index (χ4v) is 5.24. The Morgan fingerprint density at radius 1 is 0.765 bits per heavy atom. The summed E-state index contributed by atoms with van der Waals surface area (Å²) < 4.78 is 2.56. The molecule has 166 valence electrons. The molecule has 2 heterocycles. The first kappa shape index (κ1) is 21.7. The normalized spacial score (nSPS) is 18.9. The molecule has 0 bridgehead atoms. The highest BCUT2D eigenvalue weighted by Crippen LogP contribution is 2.39. The molecule has 0 atom stereocenters. The summed E-state index contributed by atoms with van der Waals surface area (Å²) in [6.07, 6.45) is 14.3. The van der Waals surface area contributed by atoms with Crippen LogP contribution in [-0.2, 0) is 0 Å². The summed E-state index contributed by atoms with van der Waals surface area (Å²) in [4.78, 5) is 2.08. The van der Waals surface area contributed by atoms with E-state index in [2.05, 4.69) is 84.3 Å². The lowest BCUT2D eigenvalue weighted by molar-refractivity contribution is 1.27. The van der Waals surface area contributed by atoms with Crippen LogP contribution in [-0.4, -0.2) is 0 Å². The largest absolute Gasteiger partial charge is 0.324 e. The zero-order chi connectivity index (χ0) is 23.5. The van der Waals surface area contributed by atoms with Crippen LogP contribution >= 0.6 is 11.3 Å². The molecule has 3 N–H and O–H groups in total. The molecule has 1 aliphatic heterocycles. The van der Waals surface area contributed by atoms with Crippen LogP contribution in [0.5, 0.6) is 0 Å². The maximum Gasteiger partial charge on any atom is 0.0486 e. The highest BCUT2D eigenvalue weighted by atomic mass is 32.1. The van der Waals surface area contributed by atoms with Gasteiger partial charge in [-0.3, -0.25) is 5.84 Å². The van der Waals surface area contributed by atoms with Crippen molar-refractivity contribution in [3.05, 3.63) is 139 Å². The summed E-state index contributed by atoms with van der Waals surface area (Å²) >= 11 is 1.82. The fourth-order valence-electron chi connectivity index (χ4n) is 4.00. The summed E-state index contributed by atoms with van der Waals surface area (Å²) in [7, 11) is 0. The number of rotatable bonds is 3. The van der Waals surface area contributed by atoms with Crippen molar-refractivity contribution in [3.8, 4) is 0 Å². The molecule has 0 radical (unpaired) electrons. The molecule has 5 rings (SSSR count). The number of hydrazine groups is 1. The van der Waals surface area contributed by atoms with Crippen LogP contribution in [0.4, 0.5) is 11.4 Å². The van der Waals surface area contributed by atoms with Crippen molar-refractivity contribution in [3.63, 3.8) is 0 Å². The van der Waals surface area contributed by atoms with Gasteiger partial charge in [0.2, 0.25) is 0 Å². The first-order chi connectivity index (χ1) is 16.6. The number of hydrogen-bond acceptors (Lipinski definition) is 4.